The molecular weight excluding hydrogens is 150 g/mol. The Hall–Kier alpha value is -1.77. The zero-order valence-electron chi connectivity index (χ0n) is 6.49. The summed E-state index contributed by atoms with van der Waals surface area (Å²) in [6.07, 6.45) is 5.40. The molecule has 0 atom stereocenters. The highest BCUT2D eigenvalue weighted by Crippen LogP contribution is 2.11. The van der Waals surface area contributed by atoms with Crippen molar-refractivity contribution < 1.29 is 0 Å². The van der Waals surface area contributed by atoms with Gasteiger partial charge in [0.2, 0.25) is 0 Å². The molecule has 2 rings (SSSR count). The fraction of sp³-hybridized carbons (Fsp3) is 0. The van der Waals surface area contributed by atoms with E-state index in [9.17, 15) is 0 Å². The Morgan fingerprint density at radius 2 is 2.25 bits per heavy atom. The smallest absolute Gasteiger partial charge is 0.107 e. The summed E-state index contributed by atoms with van der Waals surface area (Å²) >= 11 is 0. The van der Waals surface area contributed by atoms with Crippen LogP contribution in [0.1, 0.15) is 0 Å². The SMILES string of the molecule is c1cncc(Nc2ccc[nH]2)c1. The van der Waals surface area contributed by atoms with Crippen molar-refractivity contribution in [3.05, 3.63) is 42.9 Å². The van der Waals surface area contributed by atoms with Crippen molar-refractivity contribution in [2.75, 3.05) is 5.32 Å². The summed E-state index contributed by atoms with van der Waals surface area (Å²) in [4.78, 5) is 7.04. The lowest BCUT2D eigenvalue weighted by molar-refractivity contribution is 1.30. The predicted octanol–water partition coefficient (Wildman–Crippen LogP) is 2.15. The van der Waals surface area contributed by atoms with Crippen LogP contribution in [0.2, 0.25) is 0 Å². The molecule has 0 fully saturated rings. The van der Waals surface area contributed by atoms with Gasteiger partial charge in [0, 0.05) is 12.4 Å². The van der Waals surface area contributed by atoms with Crippen molar-refractivity contribution in [2.24, 2.45) is 0 Å². The summed E-state index contributed by atoms with van der Waals surface area (Å²) in [5.74, 6) is 0.975. The van der Waals surface area contributed by atoms with Crippen LogP contribution in [-0.4, -0.2) is 9.97 Å². The molecule has 0 aliphatic rings. The number of aromatic amines is 1. The number of pyridine rings is 1. The van der Waals surface area contributed by atoms with E-state index >= 15 is 0 Å². The van der Waals surface area contributed by atoms with Crippen LogP contribution in [0.3, 0.4) is 0 Å². The average molecular weight is 159 g/mol. The van der Waals surface area contributed by atoms with Gasteiger partial charge < -0.3 is 10.3 Å². The Balaban J connectivity index is 2.15. The van der Waals surface area contributed by atoms with Crippen molar-refractivity contribution >= 4 is 11.5 Å². The van der Waals surface area contributed by atoms with E-state index in [-0.39, 0.29) is 0 Å². The summed E-state index contributed by atoms with van der Waals surface area (Å²) in [5, 5.41) is 3.17. The summed E-state index contributed by atoms with van der Waals surface area (Å²) in [6.45, 7) is 0. The Labute approximate surface area is 70.5 Å². The zero-order valence-corrected chi connectivity index (χ0v) is 6.49. The normalized spacial score (nSPS) is 9.67. The third kappa shape index (κ3) is 1.45. The summed E-state index contributed by atoms with van der Waals surface area (Å²) in [5.41, 5.74) is 0.986. The molecule has 2 N–H and O–H groups in total. The molecule has 2 aromatic heterocycles. The van der Waals surface area contributed by atoms with Gasteiger partial charge in [-0.05, 0) is 24.3 Å². The van der Waals surface area contributed by atoms with Gasteiger partial charge in [-0.15, -0.1) is 0 Å². The van der Waals surface area contributed by atoms with Crippen LogP contribution in [0.25, 0.3) is 0 Å². The maximum absolute atomic E-state index is 3.99. The van der Waals surface area contributed by atoms with Gasteiger partial charge in [0.25, 0.3) is 0 Å². The maximum Gasteiger partial charge on any atom is 0.107 e. The molecule has 0 amide bonds. The molecule has 0 aromatic carbocycles. The molecule has 0 aliphatic heterocycles. The molecule has 0 saturated heterocycles. The van der Waals surface area contributed by atoms with Gasteiger partial charge in [0.05, 0.1) is 11.9 Å². The molecule has 0 unspecified atom stereocenters. The van der Waals surface area contributed by atoms with Gasteiger partial charge in [-0.1, -0.05) is 0 Å². The quantitative estimate of drug-likeness (QED) is 0.704. The van der Waals surface area contributed by atoms with E-state index < -0.39 is 0 Å². The second kappa shape index (κ2) is 3.09. The first-order chi connectivity index (χ1) is 5.95. The molecule has 3 nitrogen and oxygen atoms in total. The van der Waals surface area contributed by atoms with Gasteiger partial charge in [-0.25, -0.2) is 0 Å². The third-order valence-corrected chi connectivity index (χ3v) is 1.54. The first-order valence-corrected chi connectivity index (χ1v) is 3.75. The molecule has 0 radical (unpaired) electrons. The largest absolute Gasteiger partial charge is 0.348 e. The van der Waals surface area contributed by atoms with Crippen LogP contribution in [0, 0.1) is 0 Å². The molecule has 0 aliphatic carbocycles. The monoisotopic (exact) mass is 159 g/mol. The summed E-state index contributed by atoms with van der Waals surface area (Å²) in [7, 11) is 0. The van der Waals surface area contributed by atoms with Crippen molar-refractivity contribution in [1.29, 1.82) is 0 Å². The van der Waals surface area contributed by atoms with E-state index in [1.807, 2.05) is 30.5 Å². The van der Waals surface area contributed by atoms with Crippen LogP contribution in [0.5, 0.6) is 0 Å². The predicted molar refractivity (Wildman–Crippen MR) is 48.3 cm³/mol. The van der Waals surface area contributed by atoms with Gasteiger partial charge in [0.1, 0.15) is 5.82 Å². The lowest BCUT2D eigenvalue weighted by atomic mass is 10.4. The molecule has 12 heavy (non-hydrogen) atoms. The summed E-state index contributed by atoms with van der Waals surface area (Å²) in [6, 6.07) is 7.77. The number of nitrogens with zero attached hydrogens (tertiary/aromatic N) is 1. The Kier molecular flexibility index (Phi) is 1.78. The van der Waals surface area contributed by atoms with E-state index in [1.165, 1.54) is 0 Å². The standard InChI is InChI=1S/C9H9N3/c1-3-8(7-10-5-1)12-9-4-2-6-11-9/h1-7,11-12H. The Morgan fingerprint density at radius 1 is 1.25 bits per heavy atom. The van der Waals surface area contributed by atoms with Crippen LogP contribution in [0.4, 0.5) is 11.5 Å². The third-order valence-electron chi connectivity index (χ3n) is 1.54. The lowest BCUT2D eigenvalue weighted by Gasteiger charge is -2.00. The van der Waals surface area contributed by atoms with E-state index in [4.69, 9.17) is 0 Å². The maximum atomic E-state index is 3.99. The molecule has 3 heteroatoms. The van der Waals surface area contributed by atoms with E-state index in [1.54, 1.807) is 12.4 Å². The van der Waals surface area contributed by atoms with E-state index in [0.29, 0.717) is 0 Å². The number of anilines is 2. The molecule has 0 bridgehead atoms. The Morgan fingerprint density at radius 3 is 2.92 bits per heavy atom. The van der Waals surface area contributed by atoms with Gasteiger partial charge in [0.15, 0.2) is 0 Å². The van der Waals surface area contributed by atoms with Crippen LogP contribution in [0.15, 0.2) is 42.9 Å². The van der Waals surface area contributed by atoms with Crippen molar-refractivity contribution in [1.82, 2.24) is 9.97 Å². The minimum Gasteiger partial charge on any atom is -0.348 e. The number of H-pyrrole nitrogens is 1. The lowest BCUT2D eigenvalue weighted by Crippen LogP contribution is -1.89. The van der Waals surface area contributed by atoms with Crippen molar-refractivity contribution in [2.45, 2.75) is 0 Å². The van der Waals surface area contributed by atoms with Crippen molar-refractivity contribution in [3.8, 4) is 0 Å². The molecule has 0 saturated carbocycles. The van der Waals surface area contributed by atoms with Gasteiger partial charge in [-0.3, -0.25) is 4.98 Å². The highest BCUT2D eigenvalue weighted by molar-refractivity contribution is 5.54. The first-order valence-electron chi connectivity index (χ1n) is 3.75. The van der Waals surface area contributed by atoms with Crippen molar-refractivity contribution in [3.63, 3.8) is 0 Å². The fourth-order valence-electron chi connectivity index (χ4n) is 1.00. The molecule has 60 valence electrons. The number of rotatable bonds is 2. The summed E-state index contributed by atoms with van der Waals surface area (Å²) < 4.78 is 0. The van der Waals surface area contributed by atoms with Crippen LogP contribution < -0.4 is 5.32 Å². The fourth-order valence-corrected chi connectivity index (χ4v) is 1.00. The minimum absolute atomic E-state index is 0.975. The second-order valence-electron chi connectivity index (χ2n) is 2.45. The van der Waals surface area contributed by atoms with Crippen LogP contribution in [-0.2, 0) is 0 Å². The average Bonchev–Trinajstić information content (AvgIpc) is 2.59. The highest BCUT2D eigenvalue weighted by atomic mass is 15.0. The molecule has 2 heterocycles. The van der Waals surface area contributed by atoms with E-state index in [0.717, 1.165) is 11.5 Å². The number of aromatic nitrogens is 2. The Bertz CT molecular complexity index is 326. The second-order valence-corrected chi connectivity index (χ2v) is 2.45. The molecule has 2 aromatic rings. The van der Waals surface area contributed by atoms with Gasteiger partial charge >= 0.3 is 0 Å². The highest BCUT2D eigenvalue weighted by Gasteiger charge is 1.91. The minimum atomic E-state index is 0.975. The number of hydrogen-bond donors (Lipinski definition) is 2. The number of nitrogens with one attached hydrogen (secondary N) is 2. The zero-order chi connectivity index (χ0) is 8.23. The molecular formula is C9H9N3. The molecule has 0 spiro atoms. The topological polar surface area (TPSA) is 40.7 Å². The van der Waals surface area contributed by atoms with Crippen LogP contribution >= 0.6 is 0 Å². The van der Waals surface area contributed by atoms with Gasteiger partial charge in [-0.2, -0.15) is 0 Å². The first kappa shape index (κ1) is 6.91. The van der Waals surface area contributed by atoms with E-state index in [2.05, 4.69) is 15.3 Å². The number of hydrogen-bond acceptors (Lipinski definition) is 2.